The summed E-state index contributed by atoms with van der Waals surface area (Å²) < 4.78 is 21.1. The molecule has 2 aliphatic heterocycles. The molecule has 250 valence electrons. The van der Waals surface area contributed by atoms with Crippen LogP contribution in [0, 0.1) is 5.82 Å². The van der Waals surface area contributed by atoms with Crippen molar-refractivity contribution in [1.29, 1.82) is 0 Å². The lowest BCUT2D eigenvalue weighted by atomic mass is 10.0. The summed E-state index contributed by atoms with van der Waals surface area (Å²) in [5, 5.41) is 16.1. The van der Waals surface area contributed by atoms with E-state index >= 15 is 4.39 Å². The maximum Gasteiger partial charge on any atom is 0.220 e. The molecule has 0 saturated carbocycles. The number of pyridine rings is 1. The molecule has 2 amide bonds. The molecule has 0 bridgehead atoms. The number of rotatable bonds is 13. The van der Waals surface area contributed by atoms with Crippen LogP contribution in [0.5, 0.6) is 5.75 Å². The van der Waals surface area contributed by atoms with Gasteiger partial charge in [0.2, 0.25) is 11.8 Å². The van der Waals surface area contributed by atoms with Crippen molar-refractivity contribution in [2.75, 3.05) is 25.5 Å². The summed E-state index contributed by atoms with van der Waals surface area (Å²) in [7, 11) is 1.61. The molecule has 2 aliphatic rings. The maximum atomic E-state index is 15.4. The van der Waals surface area contributed by atoms with Crippen LogP contribution >= 0.6 is 23.2 Å². The van der Waals surface area contributed by atoms with Crippen molar-refractivity contribution in [2.45, 2.75) is 50.9 Å². The van der Waals surface area contributed by atoms with Crippen molar-refractivity contribution in [3.63, 3.8) is 0 Å². The number of carbonyl (C=O) groups is 2. The molecule has 14 heteroatoms. The zero-order chi connectivity index (χ0) is 33.6. The molecule has 5 N–H and O–H groups in total. The highest BCUT2D eigenvalue weighted by Gasteiger charge is 2.22. The van der Waals surface area contributed by atoms with Crippen molar-refractivity contribution in [3.8, 4) is 28.1 Å². The van der Waals surface area contributed by atoms with Crippen LogP contribution in [0.2, 0.25) is 10.0 Å². The first-order valence-corrected chi connectivity index (χ1v) is 16.4. The summed E-state index contributed by atoms with van der Waals surface area (Å²) in [6, 6.07) is 13.1. The van der Waals surface area contributed by atoms with Crippen LogP contribution in [0.1, 0.15) is 36.9 Å². The van der Waals surface area contributed by atoms with Crippen LogP contribution in [0.15, 0.2) is 55.0 Å². The molecule has 11 nitrogen and oxygen atoms in total. The van der Waals surface area contributed by atoms with Gasteiger partial charge in [0.15, 0.2) is 11.6 Å². The van der Waals surface area contributed by atoms with Crippen molar-refractivity contribution in [3.05, 3.63) is 82.1 Å². The minimum absolute atomic E-state index is 0.0181. The van der Waals surface area contributed by atoms with E-state index in [1.165, 1.54) is 6.33 Å². The Morgan fingerprint density at radius 3 is 2.29 bits per heavy atom. The molecule has 4 aromatic rings. The van der Waals surface area contributed by atoms with Crippen LogP contribution in [-0.4, -0.2) is 59.0 Å². The first kappa shape index (κ1) is 33.5. The van der Waals surface area contributed by atoms with Gasteiger partial charge in [-0.25, -0.2) is 14.4 Å². The Morgan fingerprint density at radius 2 is 1.60 bits per heavy atom. The van der Waals surface area contributed by atoms with E-state index in [2.05, 4.69) is 41.5 Å². The molecule has 48 heavy (non-hydrogen) atoms. The fourth-order valence-electron chi connectivity index (χ4n) is 5.88. The molecule has 2 atom stereocenters. The van der Waals surface area contributed by atoms with Gasteiger partial charge in [-0.3, -0.25) is 14.6 Å². The number of ether oxygens (including phenoxy) is 1. The van der Waals surface area contributed by atoms with E-state index in [1.54, 1.807) is 31.5 Å². The van der Waals surface area contributed by atoms with Gasteiger partial charge in [0, 0.05) is 79.6 Å². The molecule has 2 aromatic heterocycles. The average Bonchev–Trinajstić information content (AvgIpc) is 3.70. The largest absolute Gasteiger partial charge is 0.496 e. The first-order valence-electron chi connectivity index (χ1n) is 15.7. The van der Waals surface area contributed by atoms with Crippen molar-refractivity contribution in [1.82, 2.24) is 36.2 Å². The van der Waals surface area contributed by atoms with Crippen molar-refractivity contribution in [2.24, 2.45) is 0 Å². The molecular formula is C34H35Cl2FN8O3. The Kier molecular flexibility index (Phi) is 10.7. The van der Waals surface area contributed by atoms with Crippen LogP contribution in [-0.2, 0) is 22.7 Å². The monoisotopic (exact) mass is 692 g/mol. The fraction of sp³-hybridized carbons (Fsp3) is 0.324. The molecule has 2 aromatic carbocycles. The smallest absolute Gasteiger partial charge is 0.220 e. The van der Waals surface area contributed by atoms with Gasteiger partial charge >= 0.3 is 0 Å². The number of methoxy groups -OCH3 is 1. The lowest BCUT2D eigenvalue weighted by molar-refractivity contribution is -0.120. The molecule has 0 spiro atoms. The predicted molar refractivity (Wildman–Crippen MR) is 183 cm³/mol. The Balaban J connectivity index is 1.17. The van der Waals surface area contributed by atoms with Crippen molar-refractivity contribution >= 4 is 46.5 Å². The van der Waals surface area contributed by atoms with Crippen LogP contribution in [0.25, 0.3) is 22.4 Å². The van der Waals surface area contributed by atoms with Gasteiger partial charge in [0.05, 0.1) is 34.2 Å². The number of nitrogens with zero attached hydrogens (tertiary/aromatic N) is 3. The zero-order valence-electron chi connectivity index (χ0n) is 26.2. The van der Waals surface area contributed by atoms with Crippen LogP contribution in [0.3, 0.4) is 0 Å². The van der Waals surface area contributed by atoms with E-state index in [1.807, 2.05) is 24.3 Å². The minimum atomic E-state index is -0.607. The highest BCUT2D eigenvalue weighted by Crippen LogP contribution is 2.41. The number of carbonyl (C=O) groups excluding carboxylic acids is 2. The quantitative estimate of drug-likeness (QED) is 0.129. The normalized spacial score (nSPS) is 17.3. The second-order valence-electron chi connectivity index (χ2n) is 11.7. The Morgan fingerprint density at radius 1 is 0.896 bits per heavy atom. The second kappa shape index (κ2) is 15.2. The summed E-state index contributed by atoms with van der Waals surface area (Å²) >= 11 is 13.9. The Bertz CT molecular complexity index is 1830. The summed E-state index contributed by atoms with van der Waals surface area (Å²) in [5.74, 6) is 0.160. The number of amides is 2. The molecule has 2 saturated heterocycles. The van der Waals surface area contributed by atoms with Gasteiger partial charge in [-0.2, -0.15) is 0 Å². The van der Waals surface area contributed by atoms with Gasteiger partial charge in [0.1, 0.15) is 12.1 Å². The Labute approximate surface area is 287 Å². The Hall–Kier alpha value is -4.36. The number of halogens is 3. The molecule has 6 rings (SSSR count). The standard InChI is InChI=1S/C34H35Cl2FN8O3/c1-48-27-13-19(5-6-20(27)14-38-15-21-7-9-28(46)43-21)33-31(36)24(11-12-40-33)23-3-2-4-25(30(23)35)45-34-32(37)26(41-18-42-34)17-39-16-22-8-10-29(47)44-22/h2-6,11-13,18,21-22,38-39H,7-10,14-17H2,1H3,(H,43,46)(H,44,47)(H,41,42,45)/t21-,22-/m1/s1. The SMILES string of the molecule is COc1cc(-c2nccc(-c3cccc(Nc4ncnc(CNC[C@H]5CCC(=O)N5)c4F)c3Cl)c2Cl)ccc1CNC[C@H]1CCC(=O)N1. The van der Waals surface area contributed by atoms with Crippen molar-refractivity contribution < 1.29 is 18.7 Å². The van der Waals surface area contributed by atoms with Gasteiger partial charge in [-0.05, 0) is 31.0 Å². The van der Waals surface area contributed by atoms with Gasteiger partial charge in [-0.1, -0.05) is 47.5 Å². The van der Waals surface area contributed by atoms with Gasteiger partial charge in [0.25, 0.3) is 0 Å². The van der Waals surface area contributed by atoms with Gasteiger partial charge in [-0.15, -0.1) is 0 Å². The van der Waals surface area contributed by atoms with E-state index in [4.69, 9.17) is 27.9 Å². The third kappa shape index (κ3) is 7.68. The lowest BCUT2D eigenvalue weighted by Crippen LogP contribution is -2.35. The lowest BCUT2D eigenvalue weighted by Gasteiger charge is -2.16. The van der Waals surface area contributed by atoms with E-state index in [9.17, 15) is 9.59 Å². The highest BCUT2D eigenvalue weighted by atomic mass is 35.5. The second-order valence-corrected chi connectivity index (χ2v) is 12.4. The number of hydrogen-bond donors (Lipinski definition) is 5. The minimum Gasteiger partial charge on any atom is -0.496 e. The topological polar surface area (TPSA) is 142 Å². The van der Waals surface area contributed by atoms with Crippen LogP contribution in [0.4, 0.5) is 15.9 Å². The average molecular weight is 694 g/mol. The van der Waals surface area contributed by atoms with E-state index < -0.39 is 5.82 Å². The maximum absolute atomic E-state index is 15.4. The molecule has 2 fully saturated rings. The first-order chi connectivity index (χ1) is 23.3. The van der Waals surface area contributed by atoms with Gasteiger partial charge < -0.3 is 31.3 Å². The molecule has 4 heterocycles. The molecule has 0 unspecified atom stereocenters. The molecular weight excluding hydrogens is 658 g/mol. The number of aromatic nitrogens is 3. The highest BCUT2D eigenvalue weighted by molar-refractivity contribution is 6.39. The molecule has 0 aliphatic carbocycles. The zero-order valence-corrected chi connectivity index (χ0v) is 27.7. The fourth-order valence-corrected chi connectivity index (χ4v) is 6.48. The predicted octanol–water partition coefficient (Wildman–Crippen LogP) is 5.14. The summed E-state index contributed by atoms with van der Waals surface area (Å²) in [6.07, 6.45) is 5.57. The molecule has 0 radical (unpaired) electrons. The number of anilines is 2. The number of benzene rings is 2. The summed E-state index contributed by atoms with van der Waals surface area (Å²) in [6.45, 7) is 1.92. The summed E-state index contributed by atoms with van der Waals surface area (Å²) in [5.41, 5.74) is 4.15. The number of nitrogens with one attached hydrogen (secondary N) is 5. The van der Waals surface area contributed by atoms with Crippen LogP contribution < -0.4 is 31.3 Å². The van der Waals surface area contributed by atoms with E-state index in [-0.39, 0.29) is 42.0 Å². The third-order valence-electron chi connectivity index (χ3n) is 8.41. The number of hydrogen-bond acceptors (Lipinski definition) is 9. The van der Waals surface area contributed by atoms with E-state index in [0.717, 1.165) is 24.0 Å². The van der Waals surface area contributed by atoms with E-state index in [0.29, 0.717) is 70.8 Å². The summed E-state index contributed by atoms with van der Waals surface area (Å²) in [4.78, 5) is 35.7. The third-order valence-corrected chi connectivity index (χ3v) is 9.20.